The van der Waals surface area contributed by atoms with E-state index in [1.807, 2.05) is 37.2 Å². The molecular formula is C27H35F3N4O3. The smallest absolute Gasteiger partial charge is 0.416 e. The van der Waals surface area contributed by atoms with Crippen molar-refractivity contribution in [2.75, 3.05) is 45.6 Å². The van der Waals surface area contributed by atoms with Gasteiger partial charge in [0.15, 0.2) is 0 Å². The van der Waals surface area contributed by atoms with Crippen LogP contribution in [0.5, 0.6) is 0 Å². The van der Waals surface area contributed by atoms with Gasteiger partial charge in [0.05, 0.1) is 24.8 Å². The predicted molar refractivity (Wildman–Crippen MR) is 136 cm³/mol. The van der Waals surface area contributed by atoms with Crippen molar-refractivity contribution in [3.8, 4) is 0 Å². The fraction of sp³-hybridized carbons (Fsp3) is 0.481. The first-order chi connectivity index (χ1) is 17.5. The number of ether oxygens (including phenoxy) is 1. The molecule has 2 aromatic rings. The highest BCUT2D eigenvalue weighted by atomic mass is 19.4. The van der Waals surface area contributed by atoms with Crippen LogP contribution in [-0.4, -0.2) is 73.1 Å². The van der Waals surface area contributed by atoms with Crippen molar-refractivity contribution in [1.29, 1.82) is 0 Å². The van der Waals surface area contributed by atoms with Crippen LogP contribution in [0.4, 0.5) is 23.7 Å². The Morgan fingerprint density at radius 3 is 2.49 bits per heavy atom. The molecule has 0 spiro atoms. The van der Waals surface area contributed by atoms with Crippen LogP contribution in [0.25, 0.3) is 0 Å². The van der Waals surface area contributed by atoms with E-state index in [4.69, 9.17) is 4.74 Å². The molecule has 0 atom stereocenters. The van der Waals surface area contributed by atoms with Crippen molar-refractivity contribution >= 4 is 17.7 Å². The van der Waals surface area contributed by atoms with Crippen molar-refractivity contribution in [3.05, 3.63) is 64.7 Å². The number of likely N-dealkylation sites (N-methyl/N-ethyl adjacent to an activating group) is 1. The van der Waals surface area contributed by atoms with Gasteiger partial charge in [-0.15, -0.1) is 0 Å². The number of benzene rings is 2. The minimum Gasteiger partial charge on any atom is -0.447 e. The van der Waals surface area contributed by atoms with Gasteiger partial charge in [0, 0.05) is 31.9 Å². The summed E-state index contributed by atoms with van der Waals surface area (Å²) in [5, 5.41) is 3.17. The summed E-state index contributed by atoms with van der Waals surface area (Å²) < 4.78 is 46.0. The molecule has 0 aliphatic carbocycles. The van der Waals surface area contributed by atoms with Crippen molar-refractivity contribution in [3.63, 3.8) is 0 Å². The molecule has 2 aromatic carbocycles. The Balaban J connectivity index is 1.75. The normalized spacial score (nSPS) is 13.5. The molecule has 202 valence electrons. The fourth-order valence-corrected chi connectivity index (χ4v) is 4.21. The van der Waals surface area contributed by atoms with E-state index in [2.05, 4.69) is 5.32 Å². The third-order valence-corrected chi connectivity index (χ3v) is 6.15. The fourth-order valence-electron chi connectivity index (χ4n) is 4.21. The topological polar surface area (TPSA) is 65.1 Å². The van der Waals surface area contributed by atoms with Crippen LogP contribution in [0.15, 0.2) is 42.5 Å². The number of carbonyl (C=O) groups is 2. The highest BCUT2D eigenvalue weighted by Crippen LogP contribution is 2.32. The van der Waals surface area contributed by atoms with Crippen LogP contribution >= 0.6 is 0 Å². The van der Waals surface area contributed by atoms with Crippen LogP contribution in [-0.2, 0) is 35.2 Å². The van der Waals surface area contributed by atoms with Gasteiger partial charge in [-0.3, -0.25) is 4.79 Å². The predicted octanol–water partition coefficient (Wildman–Crippen LogP) is 4.61. The third kappa shape index (κ3) is 7.85. The van der Waals surface area contributed by atoms with Crippen LogP contribution in [0.1, 0.15) is 36.1 Å². The molecule has 10 heteroatoms. The maximum Gasteiger partial charge on any atom is 0.416 e. The van der Waals surface area contributed by atoms with Crippen molar-refractivity contribution in [2.24, 2.45) is 0 Å². The van der Waals surface area contributed by atoms with E-state index in [1.165, 1.54) is 17.0 Å². The van der Waals surface area contributed by atoms with E-state index < -0.39 is 11.7 Å². The number of anilines is 1. The Morgan fingerprint density at radius 1 is 1.08 bits per heavy atom. The summed E-state index contributed by atoms with van der Waals surface area (Å²) in [6.07, 6.45) is -4.45. The summed E-state index contributed by atoms with van der Waals surface area (Å²) in [6.45, 7) is 5.03. The number of nitrogens with zero attached hydrogens (tertiary/aromatic N) is 3. The summed E-state index contributed by atoms with van der Waals surface area (Å²) in [4.78, 5) is 30.6. The van der Waals surface area contributed by atoms with E-state index in [-0.39, 0.29) is 43.3 Å². The molecule has 0 unspecified atom stereocenters. The quantitative estimate of drug-likeness (QED) is 0.523. The number of amides is 2. The van der Waals surface area contributed by atoms with Crippen molar-refractivity contribution in [2.45, 2.75) is 45.6 Å². The largest absolute Gasteiger partial charge is 0.447 e. The molecule has 0 radical (unpaired) electrons. The Morgan fingerprint density at radius 2 is 1.81 bits per heavy atom. The van der Waals surface area contributed by atoms with Gasteiger partial charge in [0.1, 0.15) is 0 Å². The number of nitrogens with one attached hydrogen (secondary N) is 1. The number of hydrogen-bond donors (Lipinski definition) is 1. The molecule has 0 saturated heterocycles. The van der Waals surface area contributed by atoms with Crippen LogP contribution in [0.3, 0.4) is 0 Å². The number of fused-ring (bicyclic) bond motifs is 1. The van der Waals surface area contributed by atoms with Gasteiger partial charge < -0.3 is 24.8 Å². The lowest BCUT2D eigenvalue weighted by atomic mass is 9.98. The summed E-state index contributed by atoms with van der Waals surface area (Å²) in [5.41, 5.74) is 2.02. The second kappa shape index (κ2) is 12.3. The Kier molecular flexibility index (Phi) is 9.42. The third-order valence-electron chi connectivity index (χ3n) is 6.15. The molecule has 1 aliphatic heterocycles. The van der Waals surface area contributed by atoms with E-state index in [9.17, 15) is 22.8 Å². The van der Waals surface area contributed by atoms with Crippen LogP contribution < -0.4 is 5.32 Å². The van der Waals surface area contributed by atoms with E-state index in [0.717, 1.165) is 22.9 Å². The molecule has 37 heavy (non-hydrogen) atoms. The maximum atomic E-state index is 13.5. The van der Waals surface area contributed by atoms with E-state index in [1.54, 1.807) is 24.8 Å². The highest BCUT2D eigenvalue weighted by molar-refractivity contribution is 5.81. The number of alkyl halides is 3. The molecular weight excluding hydrogens is 485 g/mol. The number of rotatable bonds is 9. The van der Waals surface area contributed by atoms with Gasteiger partial charge in [0.2, 0.25) is 5.91 Å². The number of halogens is 3. The van der Waals surface area contributed by atoms with Crippen LogP contribution in [0, 0.1) is 0 Å². The molecule has 1 heterocycles. The molecule has 0 aromatic heterocycles. The summed E-state index contributed by atoms with van der Waals surface area (Å²) in [6, 6.07) is 11.1. The lowest BCUT2D eigenvalue weighted by Gasteiger charge is -2.31. The first-order valence-corrected chi connectivity index (χ1v) is 12.3. The van der Waals surface area contributed by atoms with Gasteiger partial charge in [-0.25, -0.2) is 4.79 Å². The molecule has 1 N–H and O–H groups in total. The average Bonchev–Trinajstić information content (AvgIpc) is 2.83. The summed E-state index contributed by atoms with van der Waals surface area (Å²) >= 11 is 0. The number of carbonyl (C=O) groups excluding carboxylic acids is 2. The van der Waals surface area contributed by atoms with Gasteiger partial charge in [0.25, 0.3) is 0 Å². The Hall–Kier alpha value is -3.27. The molecule has 0 fully saturated rings. The maximum absolute atomic E-state index is 13.5. The van der Waals surface area contributed by atoms with Crippen LogP contribution in [0.2, 0.25) is 0 Å². The second-order valence-electron chi connectivity index (χ2n) is 9.67. The van der Waals surface area contributed by atoms with E-state index >= 15 is 0 Å². The van der Waals surface area contributed by atoms with Gasteiger partial charge >= 0.3 is 12.3 Å². The van der Waals surface area contributed by atoms with E-state index in [0.29, 0.717) is 26.1 Å². The average molecular weight is 521 g/mol. The second-order valence-corrected chi connectivity index (χ2v) is 9.67. The SMILES string of the molecule is CC(C)OC(=O)N1CCc2cccc(NCC(=O)N(CCN(C)C)Cc3ccccc3C(F)(F)F)c2C1. The van der Waals surface area contributed by atoms with Gasteiger partial charge in [-0.1, -0.05) is 30.3 Å². The minimum atomic E-state index is -4.50. The first-order valence-electron chi connectivity index (χ1n) is 12.3. The molecule has 7 nitrogen and oxygen atoms in total. The molecule has 0 saturated carbocycles. The lowest BCUT2D eigenvalue weighted by molar-refractivity contribution is -0.139. The summed E-state index contributed by atoms with van der Waals surface area (Å²) in [5.74, 6) is -0.316. The zero-order valence-electron chi connectivity index (χ0n) is 21.8. The molecule has 3 rings (SSSR count). The Labute approximate surface area is 216 Å². The van der Waals surface area contributed by atoms with Gasteiger partial charge in [-0.05, 0) is 63.2 Å². The monoisotopic (exact) mass is 520 g/mol. The number of hydrogen-bond acceptors (Lipinski definition) is 5. The van der Waals surface area contributed by atoms with Gasteiger partial charge in [-0.2, -0.15) is 13.2 Å². The van der Waals surface area contributed by atoms with Crippen molar-refractivity contribution < 1.29 is 27.5 Å². The Bertz CT molecular complexity index is 1090. The zero-order valence-corrected chi connectivity index (χ0v) is 21.8. The standard InChI is InChI=1S/C27H35F3N4O3/c1-19(2)37-26(36)34-13-12-20-9-7-11-24(22(20)18-34)31-16-25(35)33(15-14-32(3)4)17-21-8-5-6-10-23(21)27(28,29)30/h5-11,19,31H,12-18H2,1-4H3. The first kappa shape index (κ1) is 28.3. The summed E-state index contributed by atoms with van der Waals surface area (Å²) in [7, 11) is 3.69. The molecule has 2 amide bonds. The lowest BCUT2D eigenvalue weighted by Crippen LogP contribution is -2.40. The molecule has 1 aliphatic rings. The van der Waals surface area contributed by atoms with Crippen molar-refractivity contribution in [1.82, 2.24) is 14.7 Å². The molecule has 0 bridgehead atoms. The highest BCUT2D eigenvalue weighted by Gasteiger charge is 2.33. The zero-order chi connectivity index (χ0) is 27.2. The minimum absolute atomic E-state index is 0.0542.